The van der Waals surface area contributed by atoms with Crippen LogP contribution < -0.4 is 0 Å². The summed E-state index contributed by atoms with van der Waals surface area (Å²) in [5.41, 5.74) is 1.24. The summed E-state index contributed by atoms with van der Waals surface area (Å²) >= 11 is 0. The van der Waals surface area contributed by atoms with E-state index in [0.717, 1.165) is 32.2 Å². The number of amides is 1. The Bertz CT molecular complexity index is 627. The van der Waals surface area contributed by atoms with Crippen LogP contribution in [-0.4, -0.2) is 43.3 Å². The molecule has 2 saturated heterocycles. The van der Waals surface area contributed by atoms with Crippen molar-refractivity contribution < 1.29 is 13.2 Å². The molecule has 5 heteroatoms. The molecule has 2 aliphatic heterocycles. The fraction of sp³-hybridized carbons (Fsp3) is 0.588. The van der Waals surface area contributed by atoms with Gasteiger partial charge in [0, 0.05) is 12.6 Å². The lowest BCUT2D eigenvalue weighted by Crippen LogP contribution is -2.47. The fourth-order valence-electron chi connectivity index (χ4n) is 3.61. The first-order valence-electron chi connectivity index (χ1n) is 8.10. The van der Waals surface area contributed by atoms with Gasteiger partial charge in [0.2, 0.25) is 5.91 Å². The summed E-state index contributed by atoms with van der Waals surface area (Å²) in [5.74, 6) is -0.0517. The van der Waals surface area contributed by atoms with E-state index in [0.29, 0.717) is 6.42 Å². The number of benzene rings is 1. The van der Waals surface area contributed by atoms with Crippen LogP contribution in [-0.2, 0) is 21.1 Å². The summed E-state index contributed by atoms with van der Waals surface area (Å²) in [4.78, 5) is 14.7. The maximum absolute atomic E-state index is 12.8. The predicted molar refractivity (Wildman–Crippen MR) is 86.3 cm³/mol. The first-order chi connectivity index (χ1) is 10.6. The van der Waals surface area contributed by atoms with Gasteiger partial charge in [-0.25, -0.2) is 8.42 Å². The maximum atomic E-state index is 12.8. The van der Waals surface area contributed by atoms with Gasteiger partial charge in [-0.1, -0.05) is 30.3 Å². The van der Waals surface area contributed by atoms with Gasteiger partial charge in [-0.05, 0) is 37.7 Å². The van der Waals surface area contributed by atoms with Crippen molar-refractivity contribution in [2.75, 3.05) is 18.1 Å². The normalized spacial score (nSPS) is 27.7. The van der Waals surface area contributed by atoms with Crippen molar-refractivity contribution in [2.45, 2.75) is 38.1 Å². The van der Waals surface area contributed by atoms with Crippen molar-refractivity contribution in [2.24, 2.45) is 5.92 Å². The molecule has 0 spiro atoms. The molecule has 3 rings (SSSR count). The predicted octanol–water partition coefficient (Wildman–Crippen LogP) is 2.04. The van der Waals surface area contributed by atoms with Crippen LogP contribution in [0.15, 0.2) is 30.3 Å². The van der Waals surface area contributed by atoms with Crippen molar-refractivity contribution in [3.05, 3.63) is 35.9 Å². The van der Waals surface area contributed by atoms with Gasteiger partial charge in [-0.2, -0.15) is 0 Å². The standard InChI is InChI=1S/C17H23NO3S/c19-17(15-9-11-22(20,21)13-15)18-10-5-4-8-16(18)12-14-6-2-1-3-7-14/h1-3,6-7,15-16H,4-5,8-13H2/t15-,16+/m0/s1. The van der Waals surface area contributed by atoms with Gasteiger partial charge in [0.05, 0.1) is 17.4 Å². The lowest BCUT2D eigenvalue weighted by atomic mass is 9.94. The minimum Gasteiger partial charge on any atom is -0.339 e. The summed E-state index contributed by atoms with van der Waals surface area (Å²) in [5, 5.41) is 0. The molecule has 120 valence electrons. The Balaban J connectivity index is 1.71. The van der Waals surface area contributed by atoms with Crippen LogP contribution in [0.2, 0.25) is 0 Å². The van der Waals surface area contributed by atoms with Crippen LogP contribution in [0.1, 0.15) is 31.2 Å². The highest BCUT2D eigenvalue weighted by Gasteiger charge is 2.38. The molecule has 0 aliphatic carbocycles. The maximum Gasteiger partial charge on any atom is 0.226 e. The average Bonchev–Trinajstić information content (AvgIpc) is 2.88. The first-order valence-corrected chi connectivity index (χ1v) is 9.92. The molecule has 1 aromatic carbocycles. The quantitative estimate of drug-likeness (QED) is 0.856. The van der Waals surface area contributed by atoms with Crippen molar-refractivity contribution >= 4 is 15.7 Å². The molecule has 0 unspecified atom stereocenters. The third kappa shape index (κ3) is 3.51. The summed E-state index contributed by atoms with van der Waals surface area (Å²) in [6.45, 7) is 0.771. The van der Waals surface area contributed by atoms with E-state index in [4.69, 9.17) is 0 Å². The van der Waals surface area contributed by atoms with Crippen LogP contribution in [0.3, 0.4) is 0 Å². The Hall–Kier alpha value is -1.36. The van der Waals surface area contributed by atoms with E-state index in [2.05, 4.69) is 12.1 Å². The molecule has 1 amide bonds. The summed E-state index contributed by atoms with van der Waals surface area (Å²) < 4.78 is 23.3. The van der Waals surface area contributed by atoms with Gasteiger partial charge in [-0.3, -0.25) is 4.79 Å². The van der Waals surface area contributed by atoms with E-state index >= 15 is 0 Å². The zero-order chi connectivity index (χ0) is 15.6. The summed E-state index contributed by atoms with van der Waals surface area (Å²) in [6, 6.07) is 10.4. The molecule has 0 saturated carbocycles. The Morgan fingerprint density at radius 2 is 1.91 bits per heavy atom. The molecule has 0 N–H and O–H groups in total. The van der Waals surface area contributed by atoms with Crippen LogP contribution in [0, 0.1) is 5.92 Å². The Kier molecular flexibility index (Phi) is 4.52. The Labute approximate surface area is 132 Å². The van der Waals surface area contributed by atoms with Crippen LogP contribution in [0.4, 0.5) is 0 Å². The summed E-state index contributed by atoms with van der Waals surface area (Å²) in [7, 11) is -3.00. The van der Waals surface area contributed by atoms with Crippen molar-refractivity contribution in [3.63, 3.8) is 0 Å². The van der Waals surface area contributed by atoms with E-state index < -0.39 is 9.84 Å². The molecule has 2 fully saturated rings. The number of carbonyl (C=O) groups is 1. The molecule has 2 aliphatic rings. The third-order valence-corrected chi connectivity index (χ3v) is 6.57. The average molecular weight is 321 g/mol. The molecule has 0 radical (unpaired) electrons. The molecule has 2 atom stereocenters. The number of hydrogen-bond acceptors (Lipinski definition) is 3. The van der Waals surface area contributed by atoms with Crippen molar-refractivity contribution in [1.29, 1.82) is 0 Å². The van der Waals surface area contributed by atoms with Gasteiger partial charge in [0.1, 0.15) is 0 Å². The number of nitrogens with zero attached hydrogens (tertiary/aromatic N) is 1. The lowest BCUT2D eigenvalue weighted by Gasteiger charge is -2.37. The lowest BCUT2D eigenvalue weighted by molar-refractivity contribution is -0.138. The SMILES string of the molecule is O=C([C@H]1CCS(=O)(=O)C1)N1CCCC[C@@H]1Cc1ccccc1. The molecule has 22 heavy (non-hydrogen) atoms. The van der Waals surface area contributed by atoms with Gasteiger partial charge in [0.15, 0.2) is 9.84 Å². The number of likely N-dealkylation sites (tertiary alicyclic amines) is 1. The molecule has 2 heterocycles. The second kappa shape index (κ2) is 6.41. The topological polar surface area (TPSA) is 54.5 Å². The van der Waals surface area contributed by atoms with Crippen LogP contribution >= 0.6 is 0 Å². The highest BCUT2D eigenvalue weighted by Crippen LogP contribution is 2.27. The smallest absolute Gasteiger partial charge is 0.226 e. The number of piperidine rings is 1. The Morgan fingerprint density at radius 3 is 2.59 bits per heavy atom. The molecule has 0 bridgehead atoms. The third-order valence-electron chi connectivity index (χ3n) is 4.81. The zero-order valence-electron chi connectivity index (χ0n) is 12.8. The summed E-state index contributed by atoms with van der Waals surface area (Å²) in [6.07, 6.45) is 4.54. The van der Waals surface area contributed by atoms with E-state index in [9.17, 15) is 13.2 Å². The van der Waals surface area contributed by atoms with Gasteiger partial charge < -0.3 is 4.90 Å². The number of sulfone groups is 1. The largest absolute Gasteiger partial charge is 0.339 e. The van der Waals surface area contributed by atoms with Crippen molar-refractivity contribution in [1.82, 2.24) is 4.90 Å². The molecular weight excluding hydrogens is 298 g/mol. The van der Waals surface area contributed by atoms with Crippen LogP contribution in [0.5, 0.6) is 0 Å². The van der Waals surface area contributed by atoms with Gasteiger partial charge in [0.25, 0.3) is 0 Å². The van der Waals surface area contributed by atoms with Gasteiger partial charge >= 0.3 is 0 Å². The molecular formula is C17H23NO3S. The first kappa shape index (κ1) is 15.5. The minimum absolute atomic E-state index is 0.0421. The second-order valence-corrected chi connectivity index (χ2v) is 8.70. The number of carbonyl (C=O) groups excluding carboxylic acids is 1. The van der Waals surface area contributed by atoms with E-state index in [-0.39, 0.29) is 29.4 Å². The van der Waals surface area contributed by atoms with Crippen molar-refractivity contribution in [3.8, 4) is 0 Å². The molecule has 0 aromatic heterocycles. The zero-order valence-corrected chi connectivity index (χ0v) is 13.6. The second-order valence-electron chi connectivity index (χ2n) is 6.47. The fourth-order valence-corrected chi connectivity index (χ4v) is 5.35. The van der Waals surface area contributed by atoms with Crippen LogP contribution in [0.25, 0.3) is 0 Å². The van der Waals surface area contributed by atoms with Gasteiger partial charge in [-0.15, -0.1) is 0 Å². The van der Waals surface area contributed by atoms with E-state index in [1.807, 2.05) is 23.1 Å². The highest BCUT2D eigenvalue weighted by molar-refractivity contribution is 7.91. The van der Waals surface area contributed by atoms with E-state index in [1.165, 1.54) is 5.56 Å². The molecule has 1 aromatic rings. The minimum atomic E-state index is -3.00. The molecule has 4 nitrogen and oxygen atoms in total. The number of hydrogen-bond donors (Lipinski definition) is 0. The monoisotopic (exact) mass is 321 g/mol. The number of rotatable bonds is 3. The highest BCUT2D eigenvalue weighted by atomic mass is 32.2. The Morgan fingerprint density at radius 1 is 1.14 bits per heavy atom. The van der Waals surface area contributed by atoms with E-state index in [1.54, 1.807) is 0 Å².